The summed E-state index contributed by atoms with van der Waals surface area (Å²) >= 11 is 1.72. The topological polar surface area (TPSA) is 46.3 Å². The molecule has 0 spiro atoms. The van der Waals surface area contributed by atoms with Crippen molar-refractivity contribution in [3.05, 3.63) is 29.8 Å². The first kappa shape index (κ1) is 16.1. The van der Waals surface area contributed by atoms with E-state index < -0.39 is 0 Å². The predicted octanol–water partition coefficient (Wildman–Crippen LogP) is 2.88. The second-order valence-electron chi connectivity index (χ2n) is 4.97. The van der Waals surface area contributed by atoms with Crippen LogP contribution in [0, 0.1) is 0 Å². The van der Waals surface area contributed by atoms with Crippen LogP contribution in [0.1, 0.15) is 31.7 Å². The Labute approximate surface area is 120 Å². The number of amides is 1. The van der Waals surface area contributed by atoms with Crippen molar-refractivity contribution in [1.82, 2.24) is 4.90 Å². The summed E-state index contributed by atoms with van der Waals surface area (Å²) in [7, 11) is 1.86. The Bertz CT molecular complexity index is 390. The van der Waals surface area contributed by atoms with Crippen molar-refractivity contribution in [3.8, 4) is 0 Å². The summed E-state index contributed by atoms with van der Waals surface area (Å²) in [5.41, 5.74) is 6.85. The van der Waals surface area contributed by atoms with Crippen LogP contribution in [0.15, 0.2) is 29.2 Å². The fourth-order valence-electron chi connectivity index (χ4n) is 1.86. The summed E-state index contributed by atoms with van der Waals surface area (Å²) in [6.07, 6.45) is 4.41. The van der Waals surface area contributed by atoms with E-state index in [0.717, 1.165) is 12.8 Å². The highest BCUT2D eigenvalue weighted by Crippen LogP contribution is 2.16. The Morgan fingerprint density at radius 2 is 2.00 bits per heavy atom. The zero-order chi connectivity index (χ0) is 14.3. The largest absolute Gasteiger partial charge is 0.341 e. The van der Waals surface area contributed by atoms with Crippen LogP contribution in [-0.2, 0) is 11.3 Å². The Morgan fingerprint density at radius 1 is 1.37 bits per heavy atom. The van der Waals surface area contributed by atoms with Crippen LogP contribution in [0.2, 0.25) is 0 Å². The summed E-state index contributed by atoms with van der Waals surface area (Å²) in [6.45, 7) is 2.65. The van der Waals surface area contributed by atoms with Crippen molar-refractivity contribution in [1.29, 1.82) is 0 Å². The average molecular weight is 280 g/mol. The molecule has 0 aliphatic rings. The summed E-state index contributed by atoms with van der Waals surface area (Å²) in [5, 5.41) is 0. The van der Waals surface area contributed by atoms with Gasteiger partial charge in [0.25, 0.3) is 0 Å². The maximum absolute atomic E-state index is 11.9. The van der Waals surface area contributed by atoms with Gasteiger partial charge in [0.1, 0.15) is 0 Å². The summed E-state index contributed by atoms with van der Waals surface area (Å²) in [5.74, 6) is 0.189. The highest BCUT2D eigenvalue weighted by atomic mass is 32.2. The standard InChI is InChI=1S/C15H24N2OS/c1-12(16)5-4-6-15(18)17(2)11-13-7-9-14(19-3)10-8-13/h7-10,12H,4-6,11,16H2,1-3H3. The predicted molar refractivity (Wildman–Crippen MR) is 82.2 cm³/mol. The number of rotatable bonds is 7. The van der Waals surface area contributed by atoms with Crippen LogP contribution in [0.5, 0.6) is 0 Å². The van der Waals surface area contributed by atoms with Gasteiger partial charge in [-0.1, -0.05) is 12.1 Å². The molecule has 1 atom stereocenters. The van der Waals surface area contributed by atoms with Crippen molar-refractivity contribution in [3.63, 3.8) is 0 Å². The summed E-state index contributed by atoms with van der Waals surface area (Å²) in [4.78, 5) is 15.0. The van der Waals surface area contributed by atoms with E-state index in [1.165, 1.54) is 10.5 Å². The number of nitrogens with zero attached hydrogens (tertiary/aromatic N) is 1. The minimum atomic E-state index is 0.178. The summed E-state index contributed by atoms with van der Waals surface area (Å²) in [6, 6.07) is 8.52. The fourth-order valence-corrected chi connectivity index (χ4v) is 2.27. The number of carbonyl (C=O) groups excluding carboxylic acids is 1. The Hall–Kier alpha value is -1.00. The molecule has 4 heteroatoms. The number of hydrogen-bond acceptors (Lipinski definition) is 3. The SMILES string of the molecule is CSc1ccc(CN(C)C(=O)CCCC(C)N)cc1. The van der Waals surface area contributed by atoms with Gasteiger partial charge >= 0.3 is 0 Å². The maximum Gasteiger partial charge on any atom is 0.222 e. The molecule has 1 rings (SSSR count). The first-order valence-corrected chi connectivity index (χ1v) is 7.88. The van der Waals surface area contributed by atoms with Gasteiger partial charge in [0.05, 0.1) is 0 Å². The molecule has 0 fully saturated rings. The lowest BCUT2D eigenvalue weighted by Crippen LogP contribution is -2.26. The zero-order valence-corrected chi connectivity index (χ0v) is 12.9. The molecule has 1 unspecified atom stereocenters. The second kappa shape index (κ2) is 8.23. The lowest BCUT2D eigenvalue weighted by atomic mass is 10.1. The van der Waals surface area contributed by atoms with Crippen LogP contribution in [0.25, 0.3) is 0 Å². The molecular formula is C15H24N2OS. The van der Waals surface area contributed by atoms with Gasteiger partial charge in [-0.05, 0) is 43.7 Å². The van der Waals surface area contributed by atoms with Gasteiger partial charge in [0, 0.05) is 31.0 Å². The van der Waals surface area contributed by atoms with Crippen LogP contribution in [0.4, 0.5) is 0 Å². The lowest BCUT2D eigenvalue weighted by molar-refractivity contribution is -0.130. The Kier molecular flexibility index (Phi) is 6.95. The monoisotopic (exact) mass is 280 g/mol. The lowest BCUT2D eigenvalue weighted by Gasteiger charge is -2.17. The van der Waals surface area contributed by atoms with Crippen molar-refractivity contribution in [2.75, 3.05) is 13.3 Å². The normalized spacial score (nSPS) is 12.2. The molecule has 0 bridgehead atoms. The molecule has 0 saturated heterocycles. The molecule has 1 amide bonds. The van der Waals surface area contributed by atoms with E-state index >= 15 is 0 Å². The highest BCUT2D eigenvalue weighted by Gasteiger charge is 2.09. The van der Waals surface area contributed by atoms with E-state index in [9.17, 15) is 4.79 Å². The number of thioether (sulfide) groups is 1. The zero-order valence-electron chi connectivity index (χ0n) is 12.1. The van der Waals surface area contributed by atoms with Gasteiger partial charge in [-0.3, -0.25) is 4.79 Å². The van der Waals surface area contributed by atoms with E-state index in [1.54, 1.807) is 16.7 Å². The highest BCUT2D eigenvalue weighted by molar-refractivity contribution is 7.98. The fraction of sp³-hybridized carbons (Fsp3) is 0.533. The third kappa shape index (κ3) is 6.12. The van der Waals surface area contributed by atoms with Gasteiger partial charge in [-0.2, -0.15) is 0 Å². The van der Waals surface area contributed by atoms with E-state index in [-0.39, 0.29) is 11.9 Å². The first-order chi connectivity index (χ1) is 9.02. The summed E-state index contributed by atoms with van der Waals surface area (Å²) < 4.78 is 0. The van der Waals surface area contributed by atoms with Crippen molar-refractivity contribution in [2.45, 2.75) is 43.7 Å². The maximum atomic E-state index is 11.9. The molecule has 0 aromatic heterocycles. The van der Waals surface area contributed by atoms with Crippen molar-refractivity contribution < 1.29 is 4.79 Å². The van der Waals surface area contributed by atoms with Crippen LogP contribution in [0.3, 0.4) is 0 Å². The van der Waals surface area contributed by atoms with Crippen LogP contribution < -0.4 is 5.73 Å². The molecule has 2 N–H and O–H groups in total. The minimum Gasteiger partial charge on any atom is -0.341 e. The molecule has 1 aromatic carbocycles. The molecule has 19 heavy (non-hydrogen) atoms. The van der Waals surface area contributed by atoms with Crippen molar-refractivity contribution >= 4 is 17.7 Å². The average Bonchev–Trinajstić information content (AvgIpc) is 2.39. The van der Waals surface area contributed by atoms with Crippen LogP contribution in [-0.4, -0.2) is 30.2 Å². The molecule has 0 saturated carbocycles. The Balaban J connectivity index is 2.40. The Morgan fingerprint density at radius 3 is 2.53 bits per heavy atom. The van der Waals surface area contributed by atoms with Gasteiger partial charge < -0.3 is 10.6 Å². The van der Waals surface area contributed by atoms with E-state index in [2.05, 4.69) is 30.5 Å². The second-order valence-corrected chi connectivity index (χ2v) is 5.85. The third-order valence-corrected chi connectivity index (χ3v) is 3.80. The molecule has 0 heterocycles. The van der Waals surface area contributed by atoms with Crippen LogP contribution >= 0.6 is 11.8 Å². The van der Waals surface area contributed by atoms with Gasteiger partial charge in [-0.15, -0.1) is 11.8 Å². The molecule has 3 nitrogen and oxygen atoms in total. The molecular weight excluding hydrogens is 256 g/mol. The molecule has 0 radical (unpaired) electrons. The molecule has 0 aliphatic carbocycles. The molecule has 0 aliphatic heterocycles. The van der Waals surface area contributed by atoms with Crippen molar-refractivity contribution in [2.24, 2.45) is 5.73 Å². The van der Waals surface area contributed by atoms with Gasteiger partial charge in [-0.25, -0.2) is 0 Å². The molecule has 106 valence electrons. The van der Waals surface area contributed by atoms with E-state index in [1.807, 2.05) is 14.0 Å². The minimum absolute atomic E-state index is 0.178. The first-order valence-electron chi connectivity index (χ1n) is 6.65. The number of nitrogens with two attached hydrogens (primary N) is 1. The number of hydrogen-bond donors (Lipinski definition) is 1. The van der Waals surface area contributed by atoms with Gasteiger partial charge in [0.15, 0.2) is 0 Å². The third-order valence-electron chi connectivity index (χ3n) is 3.05. The number of carbonyl (C=O) groups is 1. The van der Waals surface area contributed by atoms with E-state index in [0.29, 0.717) is 13.0 Å². The van der Waals surface area contributed by atoms with Gasteiger partial charge in [0.2, 0.25) is 5.91 Å². The number of benzene rings is 1. The molecule has 1 aromatic rings. The van der Waals surface area contributed by atoms with E-state index in [4.69, 9.17) is 5.73 Å². The quantitative estimate of drug-likeness (QED) is 0.781. The smallest absolute Gasteiger partial charge is 0.222 e.